The van der Waals surface area contributed by atoms with Gasteiger partial charge in [0.25, 0.3) is 0 Å². The van der Waals surface area contributed by atoms with Gasteiger partial charge in [0, 0.05) is 25.8 Å². The predicted octanol–water partition coefficient (Wildman–Crippen LogP) is 5.28. The number of ether oxygens (including phenoxy) is 1. The number of anilines is 1. The lowest BCUT2D eigenvalue weighted by molar-refractivity contribution is 0.0881. The van der Waals surface area contributed by atoms with Gasteiger partial charge in [-0.3, -0.25) is 0 Å². The van der Waals surface area contributed by atoms with Crippen molar-refractivity contribution in [3.63, 3.8) is 0 Å². The van der Waals surface area contributed by atoms with E-state index in [-0.39, 0.29) is 6.61 Å². The van der Waals surface area contributed by atoms with Gasteiger partial charge in [0.15, 0.2) is 5.82 Å². The Morgan fingerprint density at radius 3 is 2.60 bits per heavy atom. The van der Waals surface area contributed by atoms with Crippen molar-refractivity contribution >= 4 is 29.0 Å². The third-order valence-corrected chi connectivity index (χ3v) is 7.98. The van der Waals surface area contributed by atoms with E-state index in [0.29, 0.717) is 38.9 Å². The molecule has 7 heteroatoms. The number of aryl methyl sites for hydroxylation is 1. The molecule has 1 aromatic carbocycles. The zero-order valence-electron chi connectivity index (χ0n) is 17.8. The normalized spacial score (nSPS) is 23.3. The van der Waals surface area contributed by atoms with Gasteiger partial charge < -0.3 is 14.7 Å². The molecule has 2 atom stereocenters. The van der Waals surface area contributed by atoms with Crippen LogP contribution in [-0.4, -0.2) is 41.4 Å². The summed E-state index contributed by atoms with van der Waals surface area (Å²) in [6.07, 6.45) is 4.89. The second-order valence-corrected chi connectivity index (χ2v) is 9.52. The molecule has 2 heterocycles. The standard InChI is InChI=1S/C23H29Cl2N3O2/c1-14-11-16(30-3)12-23(14)7-9-28(10-8-23)22-19(13-29)27-21(15(2)26-22)17-5-4-6-18(24)20(17)25/h4-6,14,16,29H,7-13H2,1-3H3/t14-,16-/m1/s1. The number of aliphatic hydroxyl groups is 1. The summed E-state index contributed by atoms with van der Waals surface area (Å²) in [7, 11) is 1.82. The summed E-state index contributed by atoms with van der Waals surface area (Å²) in [5, 5.41) is 11.0. The Bertz CT molecular complexity index is 929. The lowest BCUT2D eigenvalue weighted by atomic mass is 9.71. The molecule has 5 nitrogen and oxygen atoms in total. The Morgan fingerprint density at radius 2 is 1.97 bits per heavy atom. The van der Waals surface area contributed by atoms with Crippen LogP contribution < -0.4 is 4.90 Å². The predicted molar refractivity (Wildman–Crippen MR) is 121 cm³/mol. The summed E-state index contributed by atoms with van der Waals surface area (Å²) in [4.78, 5) is 11.9. The molecule has 2 fully saturated rings. The van der Waals surface area contributed by atoms with Crippen LogP contribution in [0, 0.1) is 18.3 Å². The lowest BCUT2D eigenvalue weighted by Crippen LogP contribution is -2.42. The second-order valence-electron chi connectivity index (χ2n) is 8.74. The number of piperidine rings is 1. The summed E-state index contributed by atoms with van der Waals surface area (Å²) in [5.41, 5.74) is 3.11. The molecule has 162 valence electrons. The van der Waals surface area contributed by atoms with E-state index in [1.54, 1.807) is 6.07 Å². The highest BCUT2D eigenvalue weighted by molar-refractivity contribution is 6.43. The van der Waals surface area contributed by atoms with Gasteiger partial charge in [-0.15, -0.1) is 0 Å². The molecule has 1 saturated carbocycles. The number of benzene rings is 1. The van der Waals surface area contributed by atoms with E-state index in [9.17, 15) is 5.11 Å². The first kappa shape index (κ1) is 21.8. The van der Waals surface area contributed by atoms with Crippen molar-refractivity contribution in [1.82, 2.24) is 9.97 Å². The molecule has 0 radical (unpaired) electrons. The van der Waals surface area contributed by atoms with Crippen molar-refractivity contribution in [2.24, 2.45) is 11.3 Å². The van der Waals surface area contributed by atoms with E-state index in [1.165, 1.54) is 0 Å². The third kappa shape index (κ3) is 3.81. The van der Waals surface area contributed by atoms with Crippen LogP contribution in [-0.2, 0) is 11.3 Å². The number of nitrogens with zero attached hydrogens (tertiary/aromatic N) is 3. The van der Waals surface area contributed by atoms with Gasteiger partial charge in [-0.2, -0.15) is 0 Å². The van der Waals surface area contributed by atoms with Crippen LogP contribution in [0.3, 0.4) is 0 Å². The number of hydrogen-bond acceptors (Lipinski definition) is 5. The number of methoxy groups -OCH3 is 1. The van der Waals surface area contributed by atoms with E-state index in [4.69, 9.17) is 37.9 Å². The van der Waals surface area contributed by atoms with E-state index in [2.05, 4.69) is 11.8 Å². The number of halogens is 2. The summed E-state index contributed by atoms with van der Waals surface area (Å²) in [5.74, 6) is 1.45. The van der Waals surface area contributed by atoms with Gasteiger partial charge >= 0.3 is 0 Å². The Hall–Kier alpha value is -1.40. The second kappa shape index (κ2) is 8.62. The van der Waals surface area contributed by atoms with Crippen LogP contribution in [0.2, 0.25) is 10.0 Å². The fourth-order valence-corrected chi connectivity index (χ4v) is 5.66. The van der Waals surface area contributed by atoms with Gasteiger partial charge in [0.2, 0.25) is 0 Å². The van der Waals surface area contributed by atoms with Crippen molar-refractivity contribution < 1.29 is 9.84 Å². The maximum atomic E-state index is 10.0. The molecule has 1 saturated heterocycles. The molecule has 2 aliphatic rings. The van der Waals surface area contributed by atoms with E-state index in [0.717, 1.165) is 55.8 Å². The number of aromatic nitrogens is 2. The number of hydrogen-bond donors (Lipinski definition) is 1. The summed E-state index contributed by atoms with van der Waals surface area (Å²) in [6, 6.07) is 5.47. The van der Waals surface area contributed by atoms with Gasteiger partial charge in [0.05, 0.1) is 34.1 Å². The summed E-state index contributed by atoms with van der Waals surface area (Å²) < 4.78 is 5.66. The largest absolute Gasteiger partial charge is 0.390 e. The van der Waals surface area contributed by atoms with Crippen LogP contribution in [0.5, 0.6) is 0 Å². The van der Waals surface area contributed by atoms with Crippen LogP contribution in [0.4, 0.5) is 5.82 Å². The molecule has 1 N–H and O–H groups in total. The van der Waals surface area contributed by atoms with Gasteiger partial charge in [0.1, 0.15) is 5.69 Å². The van der Waals surface area contributed by atoms with Crippen LogP contribution in [0.1, 0.15) is 44.0 Å². The topological polar surface area (TPSA) is 58.5 Å². The van der Waals surface area contributed by atoms with Crippen molar-refractivity contribution in [3.05, 3.63) is 39.6 Å². The molecule has 1 aromatic heterocycles. The minimum absolute atomic E-state index is 0.169. The first-order chi connectivity index (χ1) is 14.4. The highest BCUT2D eigenvalue weighted by Gasteiger charge is 2.46. The maximum Gasteiger partial charge on any atom is 0.153 e. The van der Waals surface area contributed by atoms with Gasteiger partial charge in [-0.1, -0.05) is 42.3 Å². The zero-order valence-corrected chi connectivity index (χ0v) is 19.3. The molecular formula is C23H29Cl2N3O2. The minimum Gasteiger partial charge on any atom is -0.390 e. The summed E-state index contributed by atoms with van der Waals surface area (Å²) in [6.45, 7) is 5.95. The van der Waals surface area contributed by atoms with Gasteiger partial charge in [-0.25, -0.2) is 9.97 Å². The van der Waals surface area contributed by atoms with E-state index < -0.39 is 0 Å². The lowest BCUT2D eigenvalue weighted by Gasteiger charge is -2.43. The van der Waals surface area contributed by atoms with E-state index >= 15 is 0 Å². The molecular weight excluding hydrogens is 421 g/mol. The van der Waals surface area contributed by atoms with Crippen molar-refractivity contribution in [1.29, 1.82) is 0 Å². The Kier molecular flexibility index (Phi) is 6.27. The highest BCUT2D eigenvalue weighted by Crippen LogP contribution is 2.51. The van der Waals surface area contributed by atoms with Crippen LogP contribution >= 0.6 is 23.2 Å². The molecule has 1 aliphatic heterocycles. The average Bonchev–Trinajstić information content (AvgIpc) is 3.06. The SMILES string of the molecule is CO[C@@H]1C[C@@H](C)C2(CCN(c3nc(C)c(-c4cccc(Cl)c4Cl)nc3CO)CC2)C1. The van der Waals surface area contributed by atoms with Crippen LogP contribution in [0.25, 0.3) is 11.3 Å². The fourth-order valence-electron chi connectivity index (χ4n) is 5.27. The molecule has 2 aromatic rings. The monoisotopic (exact) mass is 449 g/mol. The zero-order chi connectivity index (χ0) is 21.5. The Labute approximate surface area is 188 Å². The average molecular weight is 450 g/mol. The number of rotatable bonds is 4. The first-order valence-corrected chi connectivity index (χ1v) is 11.3. The van der Waals surface area contributed by atoms with Gasteiger partial charge in [-0.05, 0) is 50.0 Å². The molecule has 4 rings (SSSR count). The molecule has 0 amide bonds. The molecule has 0 bridgehead atoms. The summed E-state index contributed by atoms with van der Waals surface area (Å²) >= 11 is 12.6. The van der Waals surface area contributed by atoms with E-state index in [1.807, 2.05) is 26.2 Å². The molecule has 30 heavy (non-hydrogen) atoms. The van der Waals surface area contributed by atoms with Crippen molar-refractivity contribution in [3.8, 4) is 11.3 Å². The molecule has 1 aliphatic carbocycles. The minimum atomic E-state index is -0.169. The van der Waals surface area contributed by atoms with Crippen molar-refractivity contribution in [2.45, 2.75) is 52.2 Å². The quantitative estimate of drug-likeness (QED) is 0.687. The molecule has 0 unspecified atom stereocenters. The Morgan fingerprint density at radius 1 is 1.23 bits per heavy atom. The third-order valence-electron chi connectivity index (χ3n) is 7.17. The maximum absolute atomic E-state index is 10.0. The number of aliphatic hydroxyl groups excluding tert-OH is 1. The first-order valence-electron chi connectivity index (χ1n) is 10.6. The van der Waals surface area contributed by atoms with Crippen molar-refractivity contribution in [2.75, 3.05) is 25.1 Å². The Balaban J connectivity index is 1.60. The smallest absolute Gasteiger partial charge is 0.153 e. The molecule has 1 spiro atoms. The fraction of sp³-hybridized carbons (Fsp3) is 0.565. The van der Waals surface area contributed by atoms with Crippen LogP contribution in [0.15, 0.2) is 18.2 Å². The highest BCUT2D eigenvalue weighted by atomic mass is 35.5.